The van der Waals surface area contributed by atoms with E-state index in [1.165, 1.54) is 6.92 Å². The molecule has 0 radical (unpaired) electrons. The van der Waals surface area contributed by atoms with Gasteiger partial charge in [0.25, 0.3) is 0 Å². The lowest BCUT2D eigenvalue weighted by atomic mass is 9.72. The van der Waals surface area contributed by atoms with Crippen molar-refractivity contribution in [1.29, 1.82) is 0 Å². The molecule has 0 bridgehead atoms. The molecule has 0 spiro atoms. The number of aliphatic carboxylic acids is 1. The molecule has 1 aliphatic rings. The predicted molar refractivity (Wildman–Crippen MR) is 75.4 cm³/mol. The van der Waals surface area contributed by atoms with Crippen LogP contribution in [0.3, 0.4) is 0 Å². The van der Waals surface area contributed by atoms with Crippen molar-refractivity contribution in [3.05, 3.63) is 29.8 Å². The minimum atomic E-state index is -1.08. The molecule has 1 aliphatic heterocycles. The number of carboxylic acid groups (broad SMARTS) is 1. The fourth-order valence-corrected chi connectivity index (χ4v) is 3.18. The van der Waals surface area contributed by atoms with Crippen LogP contribution >= 0.6 is 0 Å². The fraction of sp³-hybridized carbons (Fsp3) is 0.500. The van der Waals surface area contributed by atoms with Gasteiger partial charge < -0.3 is 19.9 Å². The summed E-state index contributed by atoms with van der Waals surface area (Å²) in [6, 6.07) is 6.76. The smallest absolute Gasteiger partial charge is 0.219 e. The van der Waals surface area contributed by atoms with E-state index in [4.69, 9.17) is 0 Å². The Hall–Kier alpha value is -2.04. The molecule has 1 atom stereocenters. The monoisotopic (exact) mass is 290 g/mol. The summed E-state index contributed by atoms with van der Waals surface area (Å²) in [4.78, 5) is 24.5. The highest BCUT2D eigenvalue weighted by Gasteiger charge is 2.36. The van der Waals surface area contributed by atoms with Gasteiger partial charge in [0.15, 0.2) is 0 Å². The van der Waals surface area contributed by atoms with Crippen LogP contribution in [0.15, 0.2) is 24.3 Å². The summed E-state index contributed by atoms with van der Waals surface area (Å²) in [5.41, 5.74) is 0.471. The third-order valence-corrected chi connectivity index (χ3v) is 4.14. The summed E-state index contributed by atoms with van der Waals surface area (Å²) in [6.45, 7) is 2.63. The van der Waals surface area contributed by atoms with Gasteiger partial charge in [-0.2, -0.15) is 0 Å². The van der Waals surface area contributed by atoms with Gasteiger partial charge in [0.2, 0.25) is 5.91 Å². The lowest BCUT2D eigenvalue weighted by Gasteiger charge is -2.43. The zero-order valence-electron chi connectivity index (χ0n) is 12.2. The van der Waals surface area contributed by atoms with Crippen LogP contribution in [0.2, 0.25) is 0 Å². The van der Waals surface area contributed by atoms with E-state index in [9.17, 15) is 19.8 Å². The van der Waals surface area contributed by atoms with Crippen molar-refractivity contribution < 1.29 is 19.8 Å². The van der Waals surface area contributed by atoms with Crippen LogP contribution < -0.4 is 5.11 Å². The lowest BCUT2D eigenvalue weighted by Crippen LogP contribution is -2.48. The van der Waals surface area contributed by atoms with E-state index < -0.39 is 11.4 Å². The van der Waals surface area contributed by atoms with Crippen LogP contribution in [0.5, 0.6) is 5.75 Å². The van der Waals surface area contributed by atoms with Crippen molar-refractivity contribution in [2.75, 3.05) is 13.1 Å². The van der Waals surface area contributed by atoms with E-state index in [1.807, 2.05) is 0 Å². The number of hydrogen-bond acceptors (Lipinski definition) is 4. The van der Waals surface area contributed by atoms with Gasteiger partial charge in [0, 0.05) is 26.0 Å². The minimum Gasteiger partial charge on any atom is -0.550 e. The van der Waals surface area contributed by atoms with E-state index in [0.717, 1.165) is 18.4 Å². The largest absolute Gasteiger partial charge is 0.550 e. The first-order chi connectivity index (χ1) is 9.90. The quantitative estimate of drug-likeness (QED) is 0.885. The third kappa shape index (κ3) is 3.97. The maximum absolute atomic E-state index is 11.6. The van der Waals surface area contributed by atoms with Gasteiger partial charge in [-0.1, -0.05) is 12.1 Å². The predicted octanol–water partition coefficient (Wildman–Crippen LogP) is 0.703. The molecule has 0 aromatic heterocycles. The number of amides is 1. The molecule has 114 valence electrons. The standard InChI is InChI=1S/C16H21NO4/c1-12(18)17-8-2-7-16(11-17,10-15(20)21)9-13-3-5-14(19)6-4-13/h3-6,19H,2,7-11H2,1H3,(H,20,21)/p-1. The first-order valence-electron chi connectivity index (χ1n) is 7.13. The number of carbonyl (C=O) groups excluding carboxylic acids is 2. The Morgan fingerprint density at radius 1 is 1.33 bits per heavy atom. The summed E-state index contributed by atoms with van der Waals surface area (Å²) in [6.07, 6.45) is 2.05. The van der Waals surface area contributed by atoms with Crippen LogP contribution in [-0.4, -0.2) is 35.0 Å². The zero-order chi connectivity index (χ0) is 15.5. The molecule has 5 heteroatoms. The number of rotatable bonds is 4. The fourth-order valence-electron chi connectivity index (χ4n) is 3.18. The van der Waals surface area contributed by atoms with Crippen LogP contribution in [-0.2, 0) is 16.0 Å². The summed E-state index contributed by atoms with van der Waals surface area (Å²) < 4.78 is 0. The highest BCUT2D eigenvalue weighted by atomic mass is 16.4. The number of carboxylic acids is 1. The molecule has 1 aromatic carbocycles. The number of carbonyl (C=O) groups is 2. The van der Waals surface area contributed by atoms with Crippen LogP contribution in [0.1, 0.15) is 31.7 Å². The molecule has 1 amide bonds. The molecule has 1 N–H and O–H groups in total. The molecule has 1 heterocycles. The van der Waals surface area contributed by atoms with Crippen molar-refractivity contribution >= 4 is 11.9 Å². The molecule has 1 aromatic rings. The topological polar surface area (TPSA) is 80.7 Å². The van der Waals surface area contributed by atoms with Crippen molar-refractivity contribution in [3.63, 3.8) is 0 Å². The second-order valence-electron chi connectivity index (χ2n) is 5.94. The van der Waals surface area contributed by atoms with Crippen molar-refractivity contribution in [2.24, 2.45) is 5.41 Å². The van der Waals surface area contributed by atoms with Crippen molar-refractivity contribution in [1.82, 2.24) is 4.90 Å². The van der Waals surface area contributed by atoms with Gasteiger partial charge >= 0.3 is 0 Å². The number of piperidine rings is 1. The normalized spacial score (nSPS) is 22.0. The molecule has 0 saturated carbocycles. The summed E-state index contributed by atoms with van der Waals surface area (Å²) in [5.74, 6) is -0.927. The number of nitrogens with zero attached hydrogens (tertiary/aromatic N) is 1. The van der Waals surface area contributed by atoms with Crippen molar-refractivity contribution in [3.8, 4) is 5.75 Å². The Balaban J connectivity index is 2.21. The second kappa shape index (κ2) is 6.16. The summed E-state index contributed by atoms with van der Waals surface area (Å²) >= 11 is 0. The van der Waals surface area contributed by atoms with E-state index in [1.54, 1.807) is 29.2 Å². The lowest BCUT2D eigenvalue weighted by molar-refractivity contribution is -0.308. The first kappa shape index (κ1) is 15.4. The van der Waals surface area contributed by atoms with Crippen LogP contribution in [0.25, 0.3) is 0 Å². The van der Waals surface area contributed by atoms with Crippen molar-refractivity contribution in [2.45, 2.75) is 32.6 Å². The van der Waals surface area contributed by atoms with Gasteiger partial charge in [0.05, 0.1) is 0 Å². The maximum atomic E-state index is 11.6. The van der Waals surface area contributed by atoms with E-state index in [2.05, 4.69) is 0 Å². The highest BCUT2D eigenvalue weighted by Crippen LogP contribution is 2.37. The second-order valence-corrected chi connectivity index (χ2v) is 5.94. The highest BCUT2D eigenvalue weighted by molar-refractivity contribution is 5.73. The Morgan fingerprint density at radius 2 is 2.00 bits per heavy atom. The summed E-state index contributed by atoms with van der Waals surface area (Å²) in [5, 5.41) is 20.5. The Bertz CT molecular complexity index is 526. The van der Waals surface area contributed by atoms with Crippen LogP contribution in [0.4, 0.5) is 0 Å². The molecular weight excluding hydrogens is 270 g/mol. The van der Waals surface area contributed by atoms with Gasteiger partial charge in [-0.25, -0.2) is 0 Å². The minimum absolute atomic E-state index is 0.0249. The number of phenols is 1. The Kier molecular flexibility index (Phi) is 4.50. The Morgan fingerprint density at radius 3 is 2.57 bits per heavy atom. The number of benzene rings is 1. The molecular formula is C16H20NO4-. The van der Waals surface area contributed by atoms with Crippen LogP contribution in [0, 0.1) is 5.41 Å². The average molecular weight is 290 g/mol. The number of hydrogen-bond donors (Lipinski definition) is 1. The van der Waals surface area contributed by atoms with Gasteiger partial charge in [-0.15, -0.1) is 0 Å². The maximum Gasteiger partial charge on any atom is 0.219 e. The van der Waals surface area contributed by atoms with Gasteiger partial charge in [0.1, 0.15) is 5.75 Å². The SMILES string of the molecule is CC(=O)N1CCCC(CC(=O)[O-])(Cc2ccc(O)cc2)C1. The van der Waals surface area contributed by atoms with E-state index in [0.29, 0.717) is 19.5 Å². The molecule has 1 saturated heterocycles. The average Bonchev–Trinajstić information content (AvgIpc) is 2.40. The Labute approximate surface area is 124 Å². The number of phenolic OH excluding ortho intramolecular Hbond substituents is 1. The van der Waals surface area contributed by atoms with Gasteiger partial charge in [-0.3, -0.25) is 4.79 Å². The molecule has 0 aliphatic carbocycles. The van der Waals surface area contributed by atoms with Gasteiger partial charge in [-0.05, 0) is 48.8 Å². The molecule has 1 fully saturated rings. The molecule has 2 rings (SSSR count). The first-order valence-corrected chi connectivity index (χ1v) is 7.13. The molecule has 5 nitrogen and oxygen atoms in total. The number of aromatic hydroxyl groups is 1. The zero-order valence-corrected chi connectivity index (χ0v) is 12.2. The van der Waals surface area contributed by atoms with E-state index >= 15 is 0 Å². The number of likely N-dealkylation sites (tertiary alicyclic amines) is 1. The molecule has 21 heavy (non-hydrogen) atoms. The molecule has 1 unspecified atom stereocenters. The van der Waals surface area contributed by atoms with E-state index in [-0.39, 0.29) is 18.1 Å². The third-order valence-electron chi connectivity index (χ3n) is 4.14. The summed E-state index contributed by atoms with van der Waals surface area (Å²) in [7, 11) is 0.